The maximum Gasteiger partial charge on any atom is 0.248 e. The van der Waals surface area contributed by atoms with Crippen LogP contribution in [-0.4, -0.2) is 25.9 Å². The molecular weight excluding hydrogens is 421 g/mol. The second-order valence-corrected chi connectivity index (χ2v) is 7.13. The van der Waals surface area contributed by atoms with Crippen molar-refractivity contribution in [3.63, 3.8) is 0 Å². The van der Waals surface area contributed by atoms with Gasteiger partial charge in [-0.15, -0.1) is 10.2 Å². The Morgan fingerprint density at radius 2 is 1.97 bits per heavy atom. The number of nitrogens with one attached hydrogen (secondary N) is 1. The summed E-state index contributed by atoms with van der Waals surface area (Å²) in [4.78, 5) is 12.5. The minimum atomic E-state index is -0.348. The maximum absolute atomic E-state index is 13.2. The van der Waals surface area contributed by atoms with Gasteiger partial charge < -0.3 is 9.73 Å². The fourth-order valence-electron chi connectivity index (χ4n) is 2.98. The molecule has 1 N–H and O–H groups in total. The van der Waals surface area contributed by atoms with Crippen LogP contribution in [0.1, 0.15) is 16.8 Å². The Morgan fingerprint density at radius 1 is 1.19 bits per heavy atom. The van der Waals surface area contributed by atoms with Crippen molar-refractivity contribution in [1.29, 1.82) is 0 Å². The molecule has 0 saturated heterocycles. The summed E-state index contributed by atoms with van der Waals surface area (Å²) >= 11 is 6.45. The van der Waals surface area contributed by atoms with E-state index in [2.05, 4.69) is 20.6 Å². The smallest absolute Gasteiger partial charge is 0.248 e. The Kier molecular flexibility index (Phi) is 5.64. The molecule has 1 amide bonds. The van der Waals surface area contributed by atoms with Gasteiger partial charge in [-0.3, -0.25) is 4.79 Å². The minimum Gasteiger partial charge on any atom is -0.423 e. The molecule has 0 aliphatic heterocycles. The van der Waals surface area contributed by atoms with Gasteiger partial charge in [0.05, 0.1) is 11.4 Å². The average Bonchev–Trinajstić information content (AvgIpc) is 3.38. The third-order valence-electron chi connectivity index (χ3n) is 4.62. The summed E-state index contributed by atoms with van der Waals surface area (Å²) in [6.07, 6.45) is 4.22. The topological polar surface area (TPSA) is 85.8 Å². The predicted molar refractivity (Wildman–Crippen MR) is 115 cm³/mol. The number of nitrogens with zero attached hydrogens (tertiary/aromatic N) is 4. The molecule has 2 heterocycles. The van der Waals surface area contributed by atoms with Gasteiger partial charge >= 0.3 is 0 Å². The Hall–Kier alpha value is -3.78. The molecule has 9 heteroatoms. The number of benzene rings is 2. The van der Waals surface area contributed by atoms with Crippen LogP contribution in [-0.2, 0) is 4.79 Å². The number of amides is 1. The van der Waals surface area contributed by atoms with Crippen LogP contribution in [0.3, 0.4) is 0 Å². The monoisotopic (exact) mass is 437 g/mol. The first-order chi connectivity index (χ1) is 14.9. The lowest BCUT2D eigenvalue weighted by atomic mass is 10.1. The number of halogens is 2. The summed E-state index contributed by atoms with van der Waals surface area (Å²) in [5.41, 5.74) is 4.04. The summed E-state index contributed by atoms with van der Waals surface area (Å²) in [6.45, 7) is 3.66. The van der Waals surface area contributed by atoms with Gasteiger partial charge in [0.15, 0.2) is 0 Å². The van der Waals surface area contributed by atoms with Crippen LogP contribution in [0.15, 0.2) is 59.4 Å². The van der Waals surface area contributed by atoms with Crippen molar-refractivity contribution < 1.29 is 13.6 Å². The van der Waals surface area contributed by atoms with Crippen molar-refractivity contribution in [2.75, 3.05) is 5.32 Å². The van der Waals surface area contributed by atoms with Gasteiger partial charge in [-0.25, -0.2) is 9.07 Å². The van der Waals surface area contributed by atoms with Crippen LogP contribution in [0.5, 0.6) is 0 Å². The van der Waals surface area contributed by atoms with Crippen LogP contribution in [0, 0.1) is 19.7 Å². The van der Waals surface area contributed by atoms with E-state index in [4.69, 9.17) is 16.0 Å². The second-order valence-electron chi connectivity index (χ2n) is 6.77. The number of carbonyl (C=O) groups excluding carboxylic acids is 1. The molecule has 0 unspecified atom stereocenters. The van der Waals surface area contributed by atoms with Gasteiger partial charge in [0.25, 0.3) is 0 Å². The van der Waals surface area contributed by atoms with Crippen molar-refractivity contribution in [2.24, 2.45) is 0 Å². The highest BCUT2D eigenvalue weighted by atomic mass is 35.5. The normalized spacial score (nSPS) is 11.2. The number of rotatable bonds is 5. The number of hydrogen-bond acceptors (Lipinski definition) is 5. The van der Waals surface area contributed by atoms with Gasteiger partial charge in [0.2, 0.25) is 18.2 Å². The Morgan fingerprint density at radius 3 is 2.68 bits per heavy atom. The minimum absolute atomic E-state index is 0.322. The highest BCUT2D eigenvalue weighted by Crippen LogP contribution is 2.26. The van der Waals surface area contributed by atoms with E-state index in [0.29, 0.717) is 39.2 Å². The van der Waals surface area contributed by atoms with Gasteiger partial charge in [0, 0.05) is 22.9 Å². The van der Waals surface area contributed by atoms with Gasteiger partial charge in [-0.1, -0.05) is 17.7 Å². The molecule has 2 aromatic heterocycles. The zero-order chi connectivity index (χ0) is 22.0. The molecule has 31 heavy (non-hydrogen) atoms. The second kappa shape index (κ2) is 8.53. The van der Waals surface area contributed by atoms with E-state index < -0.39 is 0 Å². The van der Waals surface area contributed by atoms with Crippen LogP contribution < -0.4 is 5.32 Å². The summed E-state index contributed by atoms with van der Waals surface area (Å²) in [7, 11) is 0. The molecule has 4 aromatic rings. The quantitative estimate of drug-likeness (QED) is 0.445. The molecule has 0 bridgehead atoms. The van der Waals surface area contributed by atoms with Crippen molar-refractivity contribution in [2.45, 2.75) is 13.8 Å². The average molecular weight is 438 g/mol. The molecule has 0 aliphatic rings. The number of anilines is 1. The van der Waals surface area contributed by atoms with Crippen molar-refractivity contribution in [3.05, 3.63) is 82.7 Å². The van der Waals surface area contributed by atoms with Crippen LogP contribution in [0.2, 0.25) is 5.15 Å². The SMILES string of the molecule is Cc1ccc(-c2nnco2)cc1NC(=O)/C=C/c1c(C)nn(-c2ccc(F)cc2)c1Cl. The lowest BCUT2D eigenvalue weighted by molar-refractivity contribution is -0.111. The summed E-state index contributed by atoms with van der Waals surface area (Å²) < 4.78 is 19.9. The highest BCUT2D eigenvalue weighted by Gasteiger charge is 2.13. The largest absolute Gasteiger partial charge is 0.423 e. The lowest BCUT2D eigenvalue weighted by Gasteiger charge is -2.07. The molecule has 0 radical (unpaired) electrons. The molecule has 0 aliphatic carbocycles. The molecule has 0 atom stereocenters. The van der Waals surface area contributed by atoms with Crippen molar-refractivity contribution in [3.8, 4) is 17.1 Å². The fourth-order valence-corrected chi connectivity index (χ4v) is 3.31. The van der Waals surface area contributed by atoms with E-state index in [0.717, 1.165) is 5.56 Å². The summed E-state index contributed by atoms with van der Waals surface area (Å²) in [5.74, 6) is -0.323. The lowest BCUT2D eigenvalue weighted by Crippen LogP contribution is -2.09. The molecule has 7 nitrogen and oxygen atoms in total. The number of aromatic nitrogens is 4. The first-order valence-electron chi connectivity index (χ1n) is 9.29. The van der Waals surface area contributed by atoms with Gasteiger partial charge in [-0.05, 0) is 61.9 Å². The first kappa shape index (κ1) is 20.5. The molecule has 0 fully saturated rings. The van der Waals surface area contributed by atoms with Crippen LogP contribution >= 0.6 is 11.6 Å². The first-order valence-corrected chi connectivity index (χ1v) is 9.67. The molecular formula is C22H17ClFN5O2. The Labute approximate surface area is 182 Å². The molecule has 4 rings (SSSR count). The Balaban J connectivity index is 1.54. The molecule has 156 valence electrons. The van der Waals surface area contributed by atoms with E-state index in [9.17, 15) is 9.18 Å². The van der Waals surface area contributed by atoms with E-state index in [1.54, 1.807) is 31.2 Å². The fraction of sp³-hybridized carbons (Fsp3) is 0.0909. The maximum atomic E-state index is 13.2. The third kappa shape index (κ3) is 4.39. The molecule has 0 saturated carbocycles. The van der Waals surface area contributed by atoms with Gasteiger partial charge in [-0.2, -0.15) is 5.10 Å². The Bertz CT molecular complexity index is 1260. The zero-order valence-electron chi connectivity index (χ0n) is 16.6. The molecule has 2 aromatic carbocycles. The highest BCUT2D eigenvalue weighted by molar-refractivity contribution is 6.31. The van der Waals surface area contributed by atoms with Crippen molar-refractivity contribution >= 4 is 29.3 Å². The number of hydrogen-bond donors (Lipinski definition) is 1. The van der Waals surface area contributed by atoms with E-state index >= 15 is 0 Å². The molecule has 0 spiro atoms. The number of aryl methyl sites for hydroxylation is 2. The van der Waals surface area contributed by atoms with Crippen LogP contribution in [0.4, 0.5) is 10.1 Å². The third-order valence-corrected chi connectivity index (χ3v) is 4.99. The summed E-state index contributed by atoms with van der Waals surface area (Å²) in [5, 5.41) is 15.1. The predicted octanol–water partition coefficient (Wildman–Crippen LogP) is 4.98. The van der Waals surface area contributed by atoms with Crippen molar-refractivity contribution in [1.82, 2.24) is 20.0 Å². The number of carbonyl (C=O) groups is 1. The van der Waals surface area contributed by atoms with E-state index in [1.165, 1.54) is 29.3 Å². The van der Waals surface area contributed by atoms with E-state index in [1.807, 2.05) is 19.1 Å². The standard InChI is InChI=1S/C22H17ClFN5O2/c1-13-3-4-15(22-27-25-12-31-22)11-19(13)26-20(30)10-9-18-14(2)28-29(21(18)23)17-7-5-16(24)6-8-17/h3-12H,1-2H3,(H,26,30)/b10-9+. The summed E-state index contributed by atoms with van der Waals surface area (Å²) in [6, 6.07) is 11.3. The van der Waals surface area contributed by atoms with E-state index in [-0.39, 0.29) is 11.7 Å². The van der Waals surface area contributed by atoms with Gasteiger partial charge in [0.1, 0.15) is 11.0 Å². The zero-order valence-corrected chi connectivity index (χ0v) is 17.4. The van der Waals surface area contributed by atoms with Crippen LogP contribution in [0.25, 0.3) is 23.2 Å².